The summed E-state index contributed by atoms with van der Waals surface area (Å²) < 4.78 is 0. The zero-order valence-corrected chi connectivity index (χ0v) is 14.5. The van der Waals surface area contributed by atoms with Crippen LogP contribution in [0.15, 0.2) is 84.2 Å². The largest absolute Gasteiger partial charge is 0.143 e. The molecule has 0 N–H and O–H groups in total. The summed E-state index contributed by atoms with van der Waals surface area (Å²) in [5.74, 6) is 0. The highest BCUT2D eigenvalue weighted by Gasteiger charge is 2.07. The number of thiophene rings is 2. The molecule has 114 valence electrons. The van der Waals surface area contributed by atoms with Crippen molar-refractivity contribution in [1.82, 2.24) is 0 Å². The van der Waals surface area contributed by atoms with Crippen molar-refractivity contribution in [1.29, 1.82) is 0 Å². The van der Waals surface area contributed by atoms with E-state index in [0.717, 1.165) is 0 Å². The van der Waals surface area contributed by atoms with Crippen LogP contribution >= 0.6 is 22.7 Å². The summed E-state index contributed by atoms with van der Waals surface area (Å²) in [5.41, 5.74) is 1.30. The summed E-state index contributed by atoms with van der Waals surface area (Å²) in [4.78, 5) is 4.02. The van der Waals surface area contributed by atoms with E-state index in [9.17, 15) is 0 Å². The lowest BCUT2D eigenvalue weighted by molar-refractivity contribution is 1.75. The molecule has 5 rings (SSSR count). The lowest BCUT2D eigenvalue weighted by atomic mass is 10.0. The lowest BCUT2D eigenvalue weighted by Gasteiger charge is -2.04. The van der Waals surface area contributed by atoms with Gasteiger partial charge in [0.2, 0.25) is 0 Å². The fourth-order valence-electron chi connectivity index (χ4n) is 3.14. The van der Waals surface area contributed by atoms with Gasteiger partial charge in [-0.2, -0.15) is 0 Å². The molecular formula is C22H14S2. The maximum atomic E-state index is 2.31. The van der Waals surface area contributed by atoms with Crippen LogP contribution in [0.25, 0.3) is 41.7 Å². The topological polar surface area (TPSA) is 0 Å². The molecule has 0 aliphatic carbocycles. The van der Waals surface area contributed by atoms with Crippen molar-refractivity contribution < 1.29 is 0 Å². The van der Waals surface area contributed by atoms with E-state index >= 15 is 0 Å². The van der Waals surface area contributed by atoms with E-state index < -0.39 is 0 Å². The van der Waals surface area contributed by atoms with Crippen molar-refractivity contribution >= 4 is 44.2 Å². The zero-order valence-electron chi connectivity index (χ0n) is 12.9. The number of hydrogen-bond donors (Lipinski definition) is 0. The van der Waals surface area contributed by atoms with E-state index in [1.807, 2.05) is 11.3 Å². The second kappa shape index (κ2) is 5.59. The molecule has 0 atom stereocenters. The van der Waals surface area contributed by atoms with Gasteiger partial charge in [-0.1, -0.05) is 42.5 Å². The summed E-state index contributed by atoms with van der Waals surface area (Å²) in [6.45, 7) is 0. The molecule has 0 saturated heterocycles. The van der Waals surface area contributed by atoms with E-state index in [2.05, 4.69) is 84.2 Å². The minimum absolute atomic E-state index is 1.30. The van der Waals surface area contributed by atoms with Crippen LogP contribution in [0.2, 0.25) is 0 Å². The van der Waals surface area contributed by atoms with E-state index in [-0.39, 0.29) is 0 Å². The minimum Gasteiger partial charge on any atom is -0.143 e. The van der Waals surface area contributed by atoms with Crippen molar-refractivity contribution in [3.05, 3.63) is 84.2 Å². The maximum Gasteiger partial charge on any atom is 0.0449 e. The Balaban J connectivity index is 1.63. The summed E-state index contributed by atoms with van der Waals surface area (Å²) >= 11 is 3.67. The van der Waals surface area contributed by atoms with Gasteiger partial charge in [-0.05, 0) is 68.9 Å². The van der Waals surface area contributed by atoms with Crippen molar-refractivity contribution in [2.75, 3.05) is 0 Å². The highest BCUT2D eigenvalue weighted by molar-refractivity contribution is 7.23. The SMILES string of the molecule is c1csc(-c2ccc(-c3ccc4cc5ccccc5cc4c3)s2)c1. The second-order valence-corrected chi connectivity index (χ2v) is 7.93. The average Bonchev–Trinajstić information content (AvgIpc) is 3.30. The molecule has 2 heterocycles. The van der Waals surface area contributed by atoms with E-state index in [1.54, 1.807) is 11.3 Å². The molecule has 0 bridgehead atoms. The minimum atomic E-state index is 1.30. The smallest absolute Gasteiger partial charge is 0.0449 e. The van der Waals surface area contributed by atoms with E-state index in [1.165, 1.54) is 41.7 Å². The average molecular weight is 342 g/mol. The lowest BCUT2D eigenvalue weighted by Crippen LogP contribution is -1.78. The third kappa shape index (κ3) is 2.35. The van der Waals surface area contributed by atoms with Gasteiger partial charge in [0.25, 0.3) is 0 Å². The third-order valence-corrected chi connectivity index (χ3v) is 6.56. The Labute approximate surface area is 148 Å². The summed E-state index contributed by atoms with van der Waals surface area (Å²) in [7, 11) is 0. The van der Waals surface area contributed by atoms with Gasteiger partial charge in [-0.25, -0.2) is 0 Å². The highest BCUT2D eigenvalue weighted by Crippen LogP contribution is 2.37. The van der Waals surface area contributed by atoms with Crippen LogP contribution in [0, 0.1) is 0 Å². The molecule has 0 nitrogen and oxygen atoms in total. The number of hydrogen-bond acceptors (Lipinski definition) is 2. The van der Waals surface area contributed by atoms with Gasteiger partial charge in [0, 0.05) is 14.6 Å². The Morgan fingerprint density at radius 1 is 0.500 bits per heavy atom. The van der Waals surface area contributed by atoms with Crippen LogP contribution in [0.5, 0.6) is 0 Å². The summed E-state index contributed by atoms with van der Waals surface area (Å²) in [6.07, 6.45) is 0. The molecule has 5 aromatic rings. The van der Waals surface area contributed by atoms with Gasteiger partial charge in [0.15, 0.2) is 0 Å². The predicted octanol–water partition coefficient (Wildman–Crippen LogP) is 7.45. The molecule has 2 heteroatoms. The van der Waals surface area contributed by atoms with Crippen LogP contribution in [-0.4, -0.2) is 0 Å². The summed E-state index contributed by atoms with van der Waals surface area (Å²) in [6, 6.07) is 28.7. The highest BCUT2D eigenvalue weighted by atomic mass is 32.1. The van der Waals surface area contributed by atoms with Crippen LogP contribution in [-0.2, 0) is 0 Å². The van der Waals surface area contributed by atoms with Crippen LogP contribution < -0.4 is 0 Å². The first-order chi connectivity index (χ1) is 11.9. The quantitative estimate of drug-likeness (QED) is 0.292. The van der Waals surface area contributed by atoms with Crippen molar-refractivity contribution in [2.24, 2.45) is 0 Å². The molecule has 0 aliphatic heterocycles. The number of fused-ring (bicyclic) bond motifs is 2. The Bertz CT molecular complexity index is 1150. The third-order valence-electron chi connectivity index (χ3n) is 4.36. The fourth-order valence-corrected chi connectivity index (χ4v) is 4.97. The molecule has 0 aliphatic rings. The fraction of sp³-hybridized carbons (Fsp3) is 0. The Morgan fingerprint density at radius 3 is 2.04 bits per heavy atom. The molecule has 0 unspecified atom stereocenters. The van der Waals surface area contributed by atoms with Gasteiger partial charge in [-0.15, -0.1) is 22.7 Å². The standard InChI is InChI=1S/C22H14S2/c1-2-5-16-13-19-14-18(8-7-17(19)12-15(16)4-1)20-9-10-22(24-20)21-6-3-11-23-21/h1-14H. The van der Waals surface area contributed by atoms with Crippen molar-refractivity contribution in [3.63, 3.8) is 0 Å². The Morgan fingerprint density at radius 2 is 1.25 bits per heavy atom. The molecule has 24 heavy (non-hydrogen) atoms. The molecule has 3 aromatic carbocycles. The van der Waals surface area contributed by atoms with Gasteiger partial charge in [-0.3, -0.25) is 0 Å². The summed E-state index contributed by atoms with van der Waals surface area (Å²) in [5, 5.41) is 7.33. The number of rotatable bonds is 2. The first kappa shape index (κ1) is 14.0. The first-order valence-electron chi connectivity index (χ1n) is 7.93. The van der Waals surface area contributed by atoms with Crippen molar-refractivity contribution in [3.8, 4) is 20.2 Å². The van der Waals surface area contributed by atoms with Crippen LogP contribution in [0.3, 0.4) is 0 Å². The normalized spacial score (nSPS) is 11.3. The molecule has 0 amide bonds. The molecule has 0 radical (unpaired) electrons. The molecule has 0 saturated carbocycles. The molecule has 2 aromatic heterocycles. The van der Waals surface area contributed by atoms with E-state index in [4.69, 9.17) is 0 Å². The van der Waals surface area contributed by atoms with Gasteiger partial charge >= 0.3 is 0 Å². The Hall–Kier alpha value is -2.42. The first-order valence-corrected chi connectivity index (χ1v) is 9.63. The van der Waals surface area contributed by atoms with Crippen molar-refractivity contribution in [2.45, 2.75) is 0 Å². The zero-order chi connectivity index (χ0) is 15.9. The number of benzene rings is 3. The molecule has 0 spiro atoms. The van der Waals surface area contributed by atoms with Crippen LogP contribution in [0.4, 0.5) is 0 Å². The molecule has 0 fully saturated rings. The predicted molar refractivity (Wildman–Crippen MR) is 108 cm³/mol. The van der Waals surface area contributed by atoms with E-state index in [0.29, 0.717) is 0 Å². The maximum absolute atomic E-state index is 2.31. The Kier molecular flexibility index (Phi) is 3.25. The van der Waals surface area contributed by atoms with Gasteiger partial charge in [0.1, 0.15) is 0 Å². The van der Waals surface area contributed by atoms with Gasteiger partial charge < -0.3 is 0 Å². The van der Waals surface area contributed by atoms with Crippen LogP contribution in [0.1, 0.15) is 0 Å². The van der Waals surface area contributed by atoms with Gasteiger partial charge in [0.05, 0.1) is 0 Å². The monoisotopic (exact) mass is 342 g/mol. The second-order valence-electron chi connectivity index (χ2n) is 5.90. The molecular weight excluding hydrogens is 328 g/mol.